The van der Waals surface area contributed by atoms with Crippen molar-refractivity contribution in [1.29, 1.82) is 0 Å². The Kier molecular flexibility index (Phi) is 4.42. The molecule has 1 heterocycles. The Morgan fingerprint density at radius 2 is 2.12 bits per heavy atom. The molecule has 3 atom stereocenters. The summed E-state index contributed by atoms with van der Waals surface area (Å²) < 4.78 is 0. The zero-order valence-corrected chi connectivity index (χ0v) is 10.8. The van der Waals surface area contributed by atoms with Gasteiger partial charge in [0, 0.05) is 18.1 Å². The zero-order chi connectivity index (χ0) is 11.4. The number of nitrogens with one attached hydrogen (secondary N) is 1. The monoisotopic (exact) mass is 222 g/mol. The molecule has 2 heteroatoms. The van der Waals surface area contributed by atoms with Gasteiger partial charge in [0.2, 0.25) is 0 Å². The average Bonchev–Trinajstić information content (AvgIpc) is 2.31. The molecule has 0 amide bonds. The molecule has 1 saturated heterocycles. The van der Waals surface area contributed by atoms with Crippen LogP contribution in [-0.4, -0.2) is 36.1 Å². The summed E-state index contributed by atoms with van der Waals surface area (Å²) in [6.07, 6.45) is 11.2. The van der Waals surface area contributed by atoms with Gasteiger partial charge in [-0.05, 0) is 52.1 Å². The maximum atomic E-state index is 3.85. The second kappa shape index (κ2) is 5.83. The van der Waals surface area contributed by atoms with E-state index in [1.165, 1.54) is 45.2 Å². The van der Waals surface area contributed by atoms with E-state index in [0.717, 1.165) is 18.1 Å². The molecule has 2 aliphatic rings. The number of rotatable bonds is 3. The fourth-order valence-corrected chi connectivity index (χ4v) is 3.12. The SMILES string of the molecule is CCN1CCC(NC2CC=CCC2)CC1C. The highest BCUT2D eigenvalue weighted by Crippen LogP contribution is 2.19. The Bertz CT molecular complexity index is 237. The third kappa shape index (κ3) is 3.08. The van der Waals surface area contributed by atoms with E-state index < -0.39 is 0 Å². The first kappa shape index (κ1) is 12.1. The van der Waals surface area contributed by atoms with E-state index in [9.17, 15) is 0 Å². The Morgan fingerprint density at radius 1 is 1.25 bits per heavy atom. The van der Waals surface area contributed by atoms with E-state index in [0.29, 0.717) is 0 Å². The van der Waals surface area contributed by atoms with Crippen molar-refractivity contribution >= 4 is 0 Å². The maximum Gasteiger partial charge on any atom is 0.0107 e. The Labute approximate surface area is 100 Å². The quantitative estimate of drug-likeness (QED) is 0.738. The fourth-order valence-electron chi connectivity index (χ4n) is 3.12. The van der Waals surface area contributed by atoms with Crippen LogP contribution in [0.2, 0.25) is 0 Å². The van der Waals surface area contributed by atoms with Crippen LogP contribution in [0.3, 0.4) is 0 Å². The van der Waals surface area contributed by atoms with Gasteiger partial charge in [-0.15, -0.1) is 0 Å². The normalized spacial score (nSPS) is 36.5. The molecular formula is C14H26N2. The number of hydrogen-bond donors (Lipinski definition) is 1. The molecule has 1 N–H and O–H groups in total. The van der Waals surface area contributed by atoms with Gasteiger partial charge in [-0.25, -0.2) is 0 Å². The highest BCUT2D eigenvalue weighted by Gasteiger charge is 2.25. The lowest BCUT2D eigenvalue weighted by molar-refractivity contribution is 0.137. The van der Waals surface area contributed by atoms with Crippen molar-refractivity contribution in [3.63, 3.8) is 0 Å². The lowest BCUT2D eigenvalue weighted by atomic mass is 9.95. The third-order valence-electron chi connectivity index (χ3n) is 4.16. The van der Waals surface area contributed by atoms with E-state index in [4.69, 9.17) is 0 Å². The van der Waals surface area contributed by atoms with Gasteiger partial charge < -0.3 is 10.2 Å². The minimum absolute atomic E-state index is 0.746. The summed E-state index contributed by atoms with van der Waals surface area (Å²) in [5.74, 6) is 0. The van der Waals surface area contributed by atoms with Crippen molar-refractivity contribution in [2.45, 2.75) is 64.1 Å². The van der Waals surface area contributed by atoms with Crippen molar-refractivity contribution in [2.24, 2.45) is 0 Å². The Balaban J connectivity index is 1.77. The van der Waals surface area contributed by atoms with Crippen LogP contribution in [0.15, 0.2) is 12.2 Å². The Morgan fingerprint density at radius 3 is 2.75 bits per heavy atom. The Hall–Kier alpha value is -0.340. The molecule has 0 bridgehead atoms. The van der Waals surface area contributed by atoms with Crippen LogP contribution in [0.25, 0.3) is 0 Å². The smallest absolute Gasteiger partial charge is 0.0107 e. The van der Waals surface area contributed by atoms with Crippen molar-refractivity contribution in [2.75, 3.05) is 13.1 Å². The van der Waals surface area contributed by atoms with Gasteiger partial charge in [0.25, 0.3) is 0 Å². The second-order valence-corrected chi connectivity index (χ2v) is 5.35. The highest BCUT2D eigenvalue weighted by molar-refractivity contribution is 4.95. The summed E-state index contributed by atoms with van der Waals surface area (Å²) in [6.45, 7) is 7.13. The summed E-state index contributed by atoms with van der Waals surface area (Å²) in [4.78, 5) is 2.60. The topological polar surface area (TPSA) is 15.3 Å². The molecule has 1 aliphatic heterocycles. The number of nitrogens with zero attached hydrogens (tertiary/aromatic N) is 1. The fraction of sp³-hybridized carbons (Fsp3) is 0.857. The van der Waals surface area contributed by atoms with E-state index in [2.05, 4.69) is 36.2 Å². The van der Waals surface area contributed by atoms with E-state index in [1.54, 1.807) is 0 Å². The van der Waals surface area contributed by atoms with Gasteiger partial charge in [0.05, 0.1) is 0 Å². The zero-order valence-electron chi connectivity index (χ0n) is 10.8. The lowest BCUT2D eigenvalue weighted by Crippen LogP contribution is -2.49. The molecule has 0 saturated carbocycles. The van der Waals surface area contributed by atoms with E-state index in [1.807, 2.05) is 0 Å². The number of allylic oxidation sites excluding steroid dienone is 1. The highest BCUT2D eigenvalue weighted by atomic mass is 15.2. The minimum Gasteiger partial charge on any atom is -0.311 e. The molecule has 3 unspecified atom stereocenters. The predicted octanol–water partition coefficient (Wildman–Crippen LogP) is 2.56. The average molecular weight is 222 g/mol. The van der Waals surface area contributed by atoms with E-state index in [-0.39, 0.29) is 0 Å². The molecular weight excluding hydrogens is 196 g/mol. The second-order valence-electron chi connectivity index (χ2n) is 5.35. The number of likely N-dealkylation sites (tertiary alicyclic amines) is 1. The molecule has 0 aromatic carbocycles. The van der Waals surface area contributed by atoms with Crippen molar-refractivity contribution < 1.29 is 0 Å². The van der Waals surface area contributed by atoms with Crippen molar-refractivity contribution in [3.8, 4) is 0 Å². The van der Waals surface area contributed by atoms with Crippen LogP contribution in [0.5, 0.6) is 0 Å². The van der Waals surface area contributed by atoms with Gasteiger partial charge in [0.15, 0.2) is 0 Å². The first-order valence-corrected chi connectivity index (χ1v) is 6.94. The van der Waals surface area contributed by atoms with Crippen LogP contribution in [0.4, 0.5) is 0 Å². The van der Waals surface area contributed by atoms with Gasteiger partial charge in [0.1, 0.15) is 0 Å². The number of hydrogen-bond acceptors (Lipinski definition) is 2. The molecule has 16 heavy (non-hydrogen) atoms. The largest absolute Gasteiger partial charge is 0.311 e. The predicted molar refractivity (Wildman–Crippen MR) is 69.6 cm³/mol. The summed E-state index contributed by atoms with van der Waals surface area (Å²) >= 11 is 0. The van der Waals surface area contributed by atoms with Crippen molar-refractivity contribution in [3.05, 3.63) is 12.2 Å². The van der Waals surface area contributed by atoms with Gasteiger partial charge in [-0.3, -0.25) is 0 Å². The first-order valence-electron chi connectivity index (χ1n) is 6.94. The summed E-state index contributed by atoms with van der Waals surface area (Å²) in [7, 11) is 0. The molecule has 0 aromatic rings. The first-order chi connectivity index (χ1) is 7.79. The number of piperidine rings is 1. The molecule has 0 aromatic heterocycles. The van der Waals surface area contributed by atoms with E-state index >= 15 is 0 Å². The molecule has 1 aliphatic carbocycles. The van der Waals surface area contributed by atoms with Crippen LogP contribution in [0, 0.1) is 0 Å². The summed E-state index contributed by atoms with van der Waals surface area (Å²) in [5.41, 5.74) is 0. The van der Waals surface area contributed by atoms with Gasteiger partial charge in [-0.2, -0.15) is 0 Å². The summed E-state index contributed by atoms with van der Waals surface area (Å²) in [5, 5.41) is 3.85. The molecule has 0 spiro atoms. The van der Waals surface area contributed by atoms with Crippen molar-refractivity contribution in [1.82, 2.24) is 10.2 Å². The van der Waals surface area contributed by atoms with Crippen LogP contribution < -0.4 is 5.32 Å². The molecule has 92 valence electrons. The van der Waals surface area contributed by atoms with Gasteiger partial charge in [-0.1, -0.05) is 19.1 Å². The van der Waals surface area contributed by atoms with Crippen LogP contribution in [-0.2, 0) is 0 Å². The standard InChI is InChI=1S/C14H26N2/c1-3-16-10-9-14(11-12(16)2)15-13-7-5-4-6-8-13/h4-5,12-15H,3,6-11H2,1-2H3. The lowest BCUT2D eigenvalue weighted by Gasteiger charge is -2.39. The molecule has 0 radical (unpaired) electrons. The molecule has 2 rings (SSSR count). The van der Waals surface area contributed by atoms with Crippen LogP contribution in [0.1, 0.15) is 46.0 Å². The maximum absolute atomic E-state index is 3.85. The molecule has 1 fully saturated rings. The third-order valence-corrected chi connectivity index (χ3v) is 4.16. The van der Waals surface area contributed by atoms with Crippen LogP contribution >= 0.6 is 0 Å². The molecule has 2 nitrogen and oxygen atoms in total. The summed E-state index contributed by atoms with van der Waals surface area (Å²) in [6, 6.07) is 2.26. The minimum atomic E-state index is 0.746. The van der Waals surface area contributed by atoms with Gasteiger partial charge >= 0.3 is 0 Å².